The van der Waals surface area contributed by atoms with Crippen molar-refractivity contribution >= 4 is 5.97 Å². The minimum Gasteiger partial charge on any atom is -0.478 e. The smallest absolute Gasteiger partial charge is 0.335 e. The van der Waals surface area contributed by atoms with E-state index in [9.17, 15) is 4.79 Å². The molecule has 0 aliphatic heterocycles. The van der Waals surface area contributed by atoms with Crippen LogP contribution in [0.1, 0.15) is 48.5 Å². The molecule has 0 heterocycles. The Bertz CT molecular complexity index is 427. The van der Waals surface area contributed by atoms with Crippen molar-refractivity contribution in [1.29, 1.82) is 0 Å². The minimum absolute atomic E-state index is 0.359. The summed E-state index contributed by atoms with van der Waals surface area (Å²) in [5, 5.41) is 8.88. The minimum atomic E-state index is -0.860. The normalized spacial score (nSPS) is 23.5. The van der Waals surface area contributed by atoms with Crippen LogP contribution in [0.4, 0.5) is 0 Å². The molecule has 0 saturated heterocycles. The Kier molecular flexibility index (Phi) is 4.59. The summed E-state index contributed by atoms with van der Waals surface area (Å²) >= 11 is 0. The zero-order chi connectivity index (χ0) is 13.8. The van der Waals surface area contributed by atoms with Gasteiger partial charge in [-0.3, -0.25) is 4.90 Å². The molecule has 0 radical (unpaired) electrons. The third kappa shape index (κ3) is 3.80. The second-order valence-electron chi connectivity index (χ2n) is 5.84. The molecule has 1 aromatic carbocycles. The van der Waals surface area contributed by atoms with Crippen molar-refractivity contribution in [3.63, 3.8) is 0 Å². The van der Waals surface area contributed by atoms with Crippen molar-refractivity contribution in [3.05, 3.63) is 35.4 Å². The van der Waals surface area contributed by atoms with Crippen molar-refractivity contribution in [2.45, 2.75) is 45.2 Å². The monoisotopic (exact) mass is 261 g/mol. The Morgan fingerprint density at radius 2 is 2.00 bits per heavy atom. The number of carbonyl (C=O) groups is 1. The summed E-state index contributed by atoms with van der Waals surface area (Å²) in [5.41, 5.74) is 1.54. The van der Waals surface area contributed by atoms with Gasteiger partial charge in [0.1, 0.15) is 0 Å². The molecule has 1 fully saturated rings. The summed E-state index contributed by atoms with van der Waals surface area (Å²) in [6.07, 6.45) is 5.25. The largest absolute Gasteiger partial charge is 0.478 e. The van der Waals surface area contributed by atoms with Gasteiger partial charge in [0.2, 0.25) is 0 Å². The lowest BCUT2D eigenvalue weighted by atomic mass is 9.86. The van der Waals surface area contributed by atoms with Crippen molar-refractivity contribution in [1.82, 2.24) is 4.90 Å². The van der Waals surface area contributed by atoms with Crippen LogP contribution < -0.4 is 0 Å². The Balaban J connectivity index is 1.94. The predicted octanol–water partition coefficient (Wildman–Crippen LogP) is 3.40. The van der Waals surface area contributed by atoms with Gasteiger partial charge in [-0.25, -0.2) is 4.79 Å². The molecule has 19 heavy (non-hydrogen) atoms. The van der Waals surface area contributed by atoms with E-state index in [1.165, 1.54) is 31.2 Å². The van der Waals surface area contributed by atoms with Crippen molar-refractivity contribution in [2.75, 3.05) is 7.05 Å². The van der Waals surface area contributed by atoms with Crippen molar-refractivity contribution < 1.29 is 9.90 Å². The number of hydrogen-bond donors (Lipinski definition) is 1. The molecule has 0 amide bonds. The fraction of sp³-hybridized carbons (Fsp3) is 0.562. The second kappa shape index (κ2) is 6.20. The molecule has 1 aliphatic rings. The van der Waals surface area contributed by atoms with Crippen LogP contribution in [0.15, 0.2) is 24.3 Å². The zero-order valence-electron chi connectivity index (χ0n) is 11.8. The molecule has 0 aromatic heterocycles. The van der Waals surface area contributed by atoms with Gasteiger partial charge in [0, 0.05) is 12.6 Å². The standard InChI is InChI=1S/C16H23NO2/c1-12-4-3-5-15(10-12)17(2)11-13-6-8-14(9-7-13)16(18)19/h6-9,12,15H,3-5,10-11H2,1-2H3,(H,18,19). The van der Waals surface area contributed by atoms with Crippen LogP contribution in [0.5, 0.6) is 0 Å². The summed E-state index contributed by atoms with van der Waals surface area (Å²) in [7, 11) is 2.17. The number of hydrogen-bond acceptors (Lipinski definition) is 2. The average Bonchev–Trinajstić information content (AvgIpc) is 2.39. The molecule has 1 N–H and O–H groups in total. The first-order chi connectivity index (χ1) is 9.06. The first-order valence-electron chi connectivity index (χ1n) is 7.08. The Hall–Kier alpha value is -1.35. The van der Waals surface area contributed by atoms with Crippen LogP contribution >= 0.6 is 0 Å². The summed E-state index contributed by atoms with van der Waals surface area (Å²) < 4.78 is 0. The lowest BCUT2D eigenvalue weighted by Gasteiger charge is -2.34. The van der Waals surface area contributed by atoms with Gasteiger partial charge in [0.05, 0.1) is 5.56 Å². The van der Waals surface area contributed by atoms with Crippen molar-refractivity contribution in [3.8, 4) is 0 Å². The van der Waals surface area contributed by atoms with Gasteiger partial charge in [-0.1, -0.05) is 31.9 Å². The van der Waals surface area contributed by atoms with E-state index in [4.69, 9.17) is 5.11 Å². The molecule has 3 nitrogen and oxygen atoms in total. The molecule has 2 unspecified atom stereocenters. The topological polar surface area (TPSA) is 40.5 Å². The van der Waals surface area contributed by atoms with Gasteiger partial charge in [0.25, 0.3) is 0 Å². The molecule has 0 bridgehead atoms. The van der Waals surface area contributed by atoms with Gasteiger partial charge in [-0.15, -0.1) is 0 Å². The van der Waals surface area contributed by atoms with E-state index < -0.39 is 5.97 Å². The van der Waals surface area contributed by atoms with Crippen LogP contribution in [0, 0.1) is 5.92 Å². The lowest BCUT2D eigenvalue weighted by molar-refractivity contribution is 0.0697. The fourth-order valence-electron chi connectivity index (χ4n) is 2.97. The highest BCUT2D eigenvalue weighted by molar-refractivity contribution is 5.87. The van der Waals surface area contributed by atoms with Crippen LogP contribution in [-0.2, 0) is 6.54 Å². The third-order valence-electron chi connectivity index (χ3n) is 4.16. The molecule has 1 aliphatic carbocycles. The molecular formula is C16H23NO2. The average molecular weight is 261 g/mol. The Morgan fingerprint density at radius 3 is 2.58 bits per heavy atom. The highest BCUT2D eigenvalue weighted by atomic mass is 16.4. The summed E-state index contributed by atoms with van der Waals surface area (Å²) in [6, 6.07) is 7.89. The molecule has 0 spiro atoms. The number of nitrogens with zero attached hydrogens (tertiary/aromatic N) is 1. The van der Waals surface area contributed by atoms with Gasteiger partial charge in [-0.2, -0.15) is 0 Å². The van der Waals surface area contributed by atoms with E-state index in [1.807, 2.05) is 12.1 Å². The van der Waals surface area contributed by atoms with Crippen LogP contribution in [0.2, 0.25) is 0 Å². The van der Waals surface area contributed by atoms with E-state index >= 15 is 0 Å². The van der Waals surface area contributed by atoms with Gasteiger partial charge in [0.15, 0.2) is 0 Å². The third-order valence-corrected chi connectivity index (χ3v) is 4.16. The van der Waals surface area contributed by atoms with Gasteiger partial charge in [-0.05, 0) is 43.5 Å². The Morgan fingerprint density at radius 1 is 1.32 bits per heavy atom. The summed E-state index contributed by atoms with van der Waals surface area (Å²) in [6.45, 7) is 3.24. The maximum Gasteiger partial charge on any atom is 0.335 e. The molecule has 2 rings (SSSR count). The van der Waals surface area contributed by atoms with Crippen molar-refractivity contribution in [2.24, 2.45) is 5.92 Å². The maximum atomic E-state index is 10.8. The molecule has 2 atom stereocenters. The molecular weight excluding hydrogens is 238 g/mol. The zero-order valence-corrected chi connectivity index (χ0v) is 11.8. The van der Waals surface area contributed by atoms with E-state index in [1.54, 1.807) is 12.1 Å². The van der Waals surface area contributed by atoms with Crippen LogP contribution in [0.3, 0.4) is 0 Å². The number of benzene rings is 1. The van der Waals surface area contributed by atoms with E-state index in [-0.39, 0.29) is 0 Å². The number of rotatable bonds is 4. The van der Waals surface area contributed by atoms with Gasteiger partial charge < -0.3 is 5.11 Å². The fourth-order valence-corrected chi connectivity index (χ4v) is 2.97. The first-order valence-corrected chi connectivity index (χ1v) is 7.08. The number of carboxylic acids is 1. The second-order valence-corrected chi connectivity index (χ2v) is 5.84. The van der Waals surface area contributed by atoms with E-state index in [0.717, 1.165) is 12.5 Å². The Labute approximate surface area is 115 Å². The van der Waals surface area contributed by atoms with Crippen LogP contribution in [-0.4, -0.2) is 29.1 Å². The summed E-state index contributed by atoms with van der Waals surface area (Å²) in [5.74, 6) is -0.0309. The number of aromatic carboxylic acids is 1. The SMILES string of the molecule is CC1CCCC(N(C)Cc2ccc(C(=O)O)cc2)C1. The maximum absolute atomic E-state index is 10.8. The number of carboxylic acid groups (broad SMARTS) is 1. The highest BCUT2D eigenvalue weighted by Crippen LogP contribution is 2.27. The van der Waals surface area contributed by atoms with Crippen LogP contribution in [0.25, 0.3) is 0 Å². The predicted molar refractivity (Wildman–Crippen MR) is 76.3 cm³/mol. The molecule has 3 heteroatoms. The first kappa shape index (κ1) is 14.1. The molecule has 1 saturated carbocycles. The highest BCUT2D eigenvalue weighted by Gasteiger charge is 2.22. The molecule has 104 valence electrons. The quantitative estimate of drug-likeness (QED) is 0.903. The van der Waals surface area contributed by atoms with Gasteiger partial charge >= 0.3 is 5.97 Å². The van der Waals surface area contributed by atoms with E-state index in [0.29, 0.717) is 11.6 Å². The van der Waals surface area contributed by atoms with E-state index in [2.05, 4.69) is 18.9 Å². The molecule has 1 aromatic rings. The summed E-state index contributed by atoms with van der Waals surface area (Å²) in [4.78, 5) is 13.2. The lowest BCUT2D eigenvalue weighted by Crippen LogP contribution is -2.35.